The summed E-state index contributed by atoms with van der Waals surface area (Å²) in [5, 5.41) is 2.08. The topological polar surface area (TPSA) is 22.4 Å². The minimum Gasteiger partial charge on any atom is -0.488 e. The van der Waals surface area contributed by atoms with Gasteiger partial charge in [0.2, 0.25) is 0 Å². The van der Waals surface area contributed by atoms with Gasteiger partial charge in [-0.15, -0.1) is 0 Å². The lowest BCUT2D eigenvalue weighted by Crippen LogP contribution is -2.04. The van der Waals surface area contributed by atoms with E-state index in [1.54, 1.807) is 0 Å². The van der Waals surface area contributed by atoms with E-state index in [2.05, 4.69) is 122 Å². The van der Waals surface area contributed by atoms with Crippen molar-refractivity contribution in [1.29, 1.82) is 0 Å². The Morgan fingerprint density at radius 3 is 2.04 bits per heavy atom. The third-order valence-corrected chi connectivity index (χ3v) is 8.42. The van der Waals surface area contributed by atoms with Crippen LogP contribution in [0.4, 0.5) is 0 Å². The minimum atomic E-state index is 0.360. The first-order valence-electron chi connectivity index (χ1n) is 15.5. The van der Waals surface area contributed by atoms with Crippen molar-refractivity contribution in [2.24, 2.45) is 0 Å². The number of ether oxygens (including phenoxy) is 1. The predicted octanol–water partition coefficient (Wildman–Crippen LogP) is 12.0. The maximum Gasteiger partial charge on any atom is 0.143 e. The lowest BCUT2D eigenvalue weighted by Gasteiger charge is -2.13. The van der Waals surface area contributed by atoms with E-state index in [1.165, 1.54) is 0 Å². The van der Waals surface area contributed by atoms with E-state index in [4.69, 9.17) is 9.15 Å². The fourth-order valence-corrected chi connectivity index (χ4v) is 6.07. The Morgan fingerprint density at radius 2 is 1.37 bits per heavy atom. The van der Waals surface area contributed by atoms with E-state index >= 15 is 0 Å². The zero-order chi connectivity index (χ0) is 31.5. The molecule has 0 atom stereocenters. The first kappa shape index (κ1) is 28.9. The molecule has 0 N–H and O–H groups in total. The van der Waals surface area contributed by atoms with Crippen LogP contribution >= 0.6 is 0 Å². The van der Waals surface area contributed by atoms with Gasteiger partial charge in [-0.1, -0.05) is 128 Å². The van der Waals surface area contributed by atoms with Crippen LogP contribution in [0.15, 0.2) is 180 Å². The van der Waals surface area contributed by atoms with Gasteiger partial charge >= 0.3 is 0 Å². The van der Waals surface area contributed by atoms with Gasteiger partial charge in [-0.25, -0.2) is 0 Å². The van der Waals surface area contributed by atoms with Gasteiger partial charge in [-0.3, -0.25) is 0 Å². The fourth-order valence-electron chi connectivity index (χ4n) is 6.07. The predicted molar refractivity (Wildman–Crippen MR) is 195 cm³/mol. The van der Waals surface area contributed by atoms with Gasteiger partial charge in [-0.2, -0.15) is 0 Å². The average Bonchev–Trinajstić information content (AvgIpc) is 3.50. The molecule has 0 saturated carbocycles. The lowest BCUT2D eigenvalue weighted by atomic mass is 9.94. The largest absolute Gasteiger partial charge is 0.488 e. The van der Waals surface area contributed by atoms with Crippen LogP contribution in [-0.4, -0.2) is 6.61 Å². The third-order valence-electron chi connectivity index (χ3n) is 8.42. The molecular weight excluding hydrogens is 560 g/mol. The van der Waals surface area contributed by atoms with E-state index < -0.39 is 0 Å². The Hall–Kier alpha value is -5.86. The molecule has 1 aliphatic rings. The number of furan rings is 1. The van der Waals surface area contributed by atoms with Crippen molar-refractivity contribution in [1.82, 2.24) is 0 Å². The third kappa shape index (κ3) is 5.58. The molecule has 0 saturated heterocycles. The van der Waals surface area contributed by atoms with Crippen LogP contribution in [-0.2, 0) is 0 Å². The molecule has 0 amide bonds. The molecule has 46 heavy (non-hydrogen) atoms. The molecule has 2 heteroatoms. The van der Waals surface area contributed by atoms with E-state index in [9.17, 15) is 0 Å². The number of rotatable bonds is 6. The van der Waals surface area contributed by atoms with E-state index in [1.807, 2.05) is 49.4 Å². The number of benzene rings is 5. The molecule has 0 fully saturated rings. The molecule has 0 unspecified atom stereocenters. The van der Waals surface area contributed by atoms with Crippen LogP contribution in [0.1, 0.15) is 18.1 Å². The Balaban J connectivity index is 1.45. The summed E-state index contributed by atoms with van der Waals surface area (Å²) in [7, 11) is 0. The molecule has 0 aliphatic carbocycles. The zero-order valence-corrected chi connectivity index (χ0v) is 25.9. The first-order valence-corrected chi connectivity index (χ1v) is 15.5. The second-order valence-corrected chi connectivity index (χ2v) is 11.4. The van der Waals surface area contributed by atoms with Crippen molar-refractivity contribution >= 4 is 33.1 Å². The van der Waals surface area contributed by atoms with Gasteiger partial charge < -0.3 is 9.15 Å². The van der Waals surface area contributed by atoms with Crippen molar-refractivity contribution in [3.8, 4) is 28.0 Å². The number of hydrogen-bond acceptors (Lipinski definition) is 2. The molecule has 5 aromatic carbocycles. The Bertz CT molecular complexity index is 2210. The molecule has 1 aromatic heterocycles. The van der Waals surface area contributed by atoms with Gasteiger partial charge in [0, 0.05) is 28.0 Å². The second-order valence-electron chi connectivity index (χ2n) is 11.4. The second kappa shape index (κ2) is 12.6. The molecule has 0 radical (unpaired) electrons. The van der Waals surface area contributed by atoms with Crippen molar-refractivity contribution in [2.45, 2.75) is 6.92 Å². The monoisotopic (exact) mass is 594 g/mol. The number of fused-ring (bicyclic) bond motifs is 4. The summed E-state index contributed by atoms with van der Waals surface area (Å²) in [6, 6.07) is 40.0. The zero-order valence-electron chi connectivity index (χ0n) is 25.9. The molecular formula is C44H34O2. The molecule has 7 rings (SSSR count). The van der Waals surface area contributed by atoms with Crippen LogP contribution in [0, 0.1) is 0 Å². The summed E-state index contributed by atoms with van der Waals surface area (Å²) in [6.45, 7) is 11.0. The van der Waals surface area contributed by atoms with Gasteiger partial charge in [-0.05, 0) is 81.8 Å². The summed E-state index contributed by atoms with van der Waals surface area (Å²) >= 11 is 0. The Morgan fingerprint density at radius 1 is 0.696 bits per heavy atom. The van der Waals surface area contributed by atoms with Crippen molar-refractivity contribution < 1.29 is 9.15 Å². The van der Waals surface area contributed by atoms with Gasteiger partial charge in [0.1, 0.15) is 23.5 Å². The highest BCUT2D eigenvalue weighted by molar-refractivity contribution is 6.12. The highest BCUT2D eigenvalue weighted by Gasteiger charge is 2.20. The van der Waals surface area contributed by atoms with Gasteiger partial charge in [0.15, 0.2) is 0 Å². The smallest absolute Gasteiger partial charge is 0.143 e. The molecule has 2 nitrogen and oxygen atoms in total. The molecule has 1 aliphatic heterocycles. The summed E-state index contributed by atoms with van der Waals surface area (Å²) < 4.78 is 13.3. The number of hydrogen-bond donors (Lipinski definition) is 0. The minimum absolute atomic E-state index is 0.360. The highest BCUT2D eigenvalue weighted by atomic mass is 16.5. The molecule has 222 valence electrons. The summed E-state index contributed by atoms with van der Waals surface area (Å²) in [4.78, 5) is 0. The molecule has 2 heterocycles. The molecule has 0 bridgehead atoms. The quantitative estimate of drug-likeness (QED) is 0.179. The normalized spacial score (nSPS) is 16.1. The van der Waals surface area contributed by atoms with Crippen LogP contribution in [0.2, 0.25) is 0 Å². The van der Waals surface area contributed by atoms with Crippen molar-refractivity contribution in [3.63, 3.8) is 0 Å². The maximum absolute atomic E-state index is 6.70. The van der Waals surface area contributed by atoms with Crippen LogP contribution in [0.25, 0.3) is 55.3 Å². The van der Waals surface area contributed by atoms with E-state index in [0.29, 0.717) is 6.61 Å². The fraction of sp³-hybridized carbons (Fsp3) is 0.0455. The summed E-state index contributed by atoms with van der Waals surface area (Å²) in [5.74, 6) is 0.729. The first-order chi connectivity index (χ1) is 22.6. The summed E-state index contributed by atoms with van der Waals surface area (Å²) in [6.07, 6.45) is 12.3. The Kier molecular flexibility index (Phi) is 7.93. The summed E-state index contributed by atoms with van der Waals surface area (Å²) in [5.41, 5.74) is 12.1. The van der Waals surface area contributed by atoms with Crippen molar-refractivity contribution in [3.05, 3.63) is 187 Å². The van der Waals surface area contributed by atoms with E-state index in [0.717, 1.165) is 83.4 Å². The van der Waals surface area contributed by atoms with Gasteiger partial charge in [0.05, 0.1) is 0 Å². The maximum atomic E-state index is 6.70. The van der Waals surface area contributed by atoms with Crippen LogP contribution in [0.3, 0.4) is 0 Å². The molecule has 0 spiro atoms. The number of allylic oxidation sites excluding steroid dienone is 8. The van der Waals surface area contributed by atoms with Crippen molar-refractivity contribution in [2.75, 3.05) is 6.61 Å². The highest BCUT2D eigenvalue weighted by Crippen LogP contribution is 2.43. The SMILES string of the molecule is C=CC(=C\C=C/C)/C1=C/C(c2ccccc2)=C\C(=C)c2cc3c(cc2OC1)oc1c(-c2ccccc2)cc(-c2ccccc2)cc13. The van der Waals surface area contributed by atoms with Crippen LogP contribution < -0.4 is 4.74 Å². The lowest BCUT2D eigenvalue weighted by molar-refractivity contribution is 0.354. The average molecular weight is 595 g/mol. The van der Waals surface area contributed by atoms with Gasteiger partial charge in [0.25, 0.3) is 0 Å². The standard InChI is InChI=1S/C44H34O2/c1-4-6-16-31(5-2)37-24-35(32-17-10-7-11-18-32)23-30(3)38-27-40-41-26-36(33-19-12-8-13-20-33)25-39(34-21-14-9-15-22-34)44(41)46-43(40)28-42(38)45-29-37/h4-28H,2-3,29H2,1H3/b6-4-,31-16+,35-23+,37-24+. The molecule has 6 aromatic rings. The van der Waals surface area contributed by atoms with E-state index in [-0.39, 0.29) is 0 Å². The van der Waals surface area contributed by atoms with Crippen LogP contribution in [0.5, 0.6) is 5.75 Å². The Labute approximate surface area is 270 Å².